The lowest BCUT2D eigenvalue weighted by Gasteiger charge is -2.30. The summed E-state index contributed by atoms with van der Waals surface area (Å²) in [7, 11) is -3.85. The smallest absolute Gasteiger partial charge is 0.271 e. The number of rotatable bonds is 10. The Hall–Kier alpha value is -2.94. The Morgan fingerprint density at radius 3 is 2.50 bits per heavy atom. The first-order chi connectivity index (χ1) is 14.1. The third-order valence-electron chi connectivity index (χ3n) is 4.65. The topological polar surface area (TPSA) is 110 Å². The summed E-state index contributed by atoms with van der Waals surface area (Å²) in [5.41, 5.74) is 2.19. The highest BCUT2D eigenvalue weighted by molar-refractivity contribution is 7.92. The molecule has 0 radical (unpaired) electrons. The maximum Gasteiger partial charge on any atom is 0.271 e. The SMILES string of the molecule is CC[C@@H](C(=O)NCCCc1cccc(C)c1)N(c1cccc([N+](=O)[O-])c1)S(C)(=O)=O. The number of carbonyl (C=O) groups is 1. The molecule has 0 spiro atoms. The minimum Gasteiger partial charge on any atom is -0.354 e. The second-order valence-electron chi connectivity index (χ2n) is 7.14. The van der Waals surface area contributed by atoms with Crippen LogP contribution in [0.1, 0.15) is 30.9 Å². The van der Waals surface area contributed by atoms with Gasteiger partial charge in [0.15, 0.2) is 0 Å². The van der Waals surface area contributed by atoms with Crippen molar-refractivity contribution in [3.8, 4) is 0 Å². The van der Waals surface area contributed by atoms with E-state index >= 15 is 0 Å². The molecule has 0 saturated carbocycles. The third-order valence-corrected chi connectivity index (χ3v) is 5.83. The molecule has 2 aromatic rings. The van der Waals surface area contributed by atoms with E-state index in [9.17, 15) is 23.3 Å². The van der Waals surface area contributed by atoms with Gasteiger partial charge in [0, 0.05) is 18.7 Å². The molecular weight excluding hydrogens is 406 g/mol. The van der Waals surface area contributed by atoms with Crippen LogP contribution in [-0.4, -0.2) is 38.1 Å². The number of nitrogens with zero attached hydrogens (tertiary/aromatic N) is 2. The van der Waals surface area contributed by atoms with Gasteiger partial charge in [-0.25, -0.2) is 8.42 Å². The molecule has 0 aliphatic rings. The number of amides is 1. The average Bonchev–Trinajstić information content (AvgIpc) is 2.68. The quantitative estimate of drug-likeness (QED) is 0.351. The lowest BCUT2D eigenvalue weighted by Crippen LogP contribution is -2.49. The Kier molecular flexibility index (Phi) is 7.93. The second-order valence-corrected chi connectivity index (χ2v) is 9.00. The van der Waals surface area contributed by atoms with Gasteiger partial charge in [0.05, 0.1) is 16.9 Å². The number of sulfonamides is 1. The number of anilines is 1. The minimum atomic E-state index is -3.85. The van der Waals surface area contributed by atoms with Crippen molar-refractivity contribution < 1.29 is 18.1 Å². The summed E-state index contributed by atoms with van der Waals surface area (Å²) in [4.78, 5) is 23.2. The van der Waals surface area contributed by atoms with Gasteiger partial charge >= 0.3 is 0 Å². The molecule has 162 valence electrons. The van der Waals surface area contributed by atoms with Gasteiger partial charge in [0.1, 0.15) is 6.04 Å². The van der Waals surface area contributed by atoms with E-state index in [2.05, 4.69) is 11.4 Å². The van der Waals surface area contributed by atoms with E-state index in [1.165, 1.54) is 29.3 Å². The molecule has 0 fully saturated rings. The van der Waals surface area contributed by atoms with Gasteiger partial charge in [0.2, 0.25) is 15.9 Å². The Bertz CT molecular complexity index is 1010. The van der Waals surface area contributed by atoms with E-state index < -0.39 is 26.9 Å². The van der Waals surface area contributed by atoms with Crippen molar-refractivity contribution in [3.05, 3.63) is 69.8 Å². The molecular formula is C21H27N3O5S. The lowest BCUT2D eigenvalue weighted by molar-refractivity contribution is -0.384. The number of carbonyl (C=O) groups excluding carboxylic acids is 1. The Morgan fingerprint density at radius 2 is 1.90 bits per heavy atom. The van der Waals surface area contributed by atoms with Crippen LogP contribution in [-0.2, 0) is 21.2 Å². The van der Waals surface area contributed by atoms with Crippen LogP contribution < -0.4 is 9.62 Å². The monoisotopic (exact) mass is 433 g/mol. The van der Waals surface area contributed by atoms with Crippen LogP contribution >= 0.6 is 0 Å². The largest absolute Gasteiger partial charge is 0.354 e. The zero-order valence-electron chi connectivity index (χ0n) is 17.4. The van der Waals surface area contributed by atoms with Crippen LogP contribution in [0.3, 0.4) is 0 Å². The Balaban J connectivity index is 2.12. The molecule has 0 aromatic heterocycles. The normalized spacial score (nSPS) is 12.2. The number of nitrogens with one attached hydrogen (secondary N) is 1. The van der Waals surface area contributed by atoms with E-state index in [1.807, 2.05) is 25.1 Å². The first-order valence-electron chi connectivity index (χ1n) is 9.70. The predicted molar refractivity (Wildman–Crippen MR) is 117 cm³/mol. The highest BCUT2D eigenvalue weighted by Gasteiger charge is 2.32. The van der Waals surface area contributed by atoms with Crippen molar-refractivity contribution in [2.24, 2.45) is 0 Å². The number of benzene rings is 2. The van der Waals surface area contributed by atoms with Crippen molar-refractivity contribution in [2.75, 3.05) is 17.1 Å². The summed E-state index contributed by atoms with van der Waals surface area (Å²) in [6, 6.07) is 12.4. The van der Waals surface area contributed by atoms with Gasteiger partial charge in [-0.05, 0) is 37.8 Å². The molecule has 1 amide bonds. The van der Waals surface area contributed by atoms with E-state index in [0.29, 0.717) is 13.0 Å². The fraction of sp³-hybridized carbons (Fsp3) is 0.381. The molecule has 0 bridgehead atoms. The maximum atomic E-state index is 12.8. The molecule has 1 N–H and O–H groups in total. The highest BCUT2D eigenvalue weighted by Crippen LogP contribution is 2.26. The van der Waals surface area contributed by atoms with Crippen LogP contribution in [0.4, 0.5) is 11.4 Å². The molecule has 2 aromatic carbocycles. The van der Waals surface area contributed by atoms with E-state index in [0.717, 1.165) is 23.0 Å². The fourth-order valence-electron chi connectivity index (χ4n) is 3.29. The van der Waals surface area contributed by atoms with E-state index in [4.69, 9.17) is 0 Å². The lowest BCUT2D eigenvalue weighted by atomic mass is 10.1. The van der Waals surface area contributed by atoms with Crippen LogP contribution in [0.25, 0.3) is 0 Å². The molecule has 0 heterocycles. The first-order valence-corrected chi connectivity index (χ1v) is 11.6. The molecule has 30 heavy (non-hydrogen) atoms. The minimum absolute atomic E-state index is 0.0912. The number of nitro benzene ring substituents is 1. The molecule has 8 nitrogen and oxygen atoms in total. The summed E-state index contributed by atoms with van der Waals surface area (Å²) in [6.07, 6.45) is 2.71. The molecule has 0 aliphatic carbocycles. The number of nitro groups is 1. The number of hydrogen-bond donors (Lipinski definition) is 1. The third kappa shape index (κ3) is 6.28. The standard InChI is InChI=1S/C21H27N3O5S/c1-4-20(21(25)22-13-7-10-17-9-5-8-16(2)14-17)23(30(3,28)29)18-11-6-12-19(15-18)24(26)27/h5-6,8-9,11-12,14-15,20H,4,7,10,13H2,1-3H3,(H,22,25)/t20-/m0/s1. The summed E-state index contributed by atoms with van der Waals surface area (Å²) < 4.78 is 25.8. The number of aryl methyl sites for hydroxylation is 2. The van der Waals surface area contributed by atoms with Gasteiger partial charge in [-0.15, -0.1) is 0 Å². The molecule has 2 rings (SSSR count). The zero-order valence-corrected chi connectivity index (χ0v) is 18.2. The van der Waals surface area contributed by atoms with Gasteiger partial charge in [-0.3, -0.25) is 19.2 Å². The molecule has 9 heteroatoms. The van der Waals surface area contributed by atoms with Gasteiger partial charge in [-0.2, -0.15) is 0 Å². The Morgan fingerprint density at radius 1 is 1.20 bits per heavy atom. The van der Waals surface area contributed by atoms with Crippen molar-refractivity contribution in [3.63, 3.8) is 0 Å². The summed E-state index contributed by atoms with van der Waals surface area (Å²) in [6.45, 7) is 4.12. The van der Waals surface area contributed by atoms with Gasteiger partial charge in [0.25, 0.3) is 5.69 Å². The highest BCUT2D eigenvalue weighted by atomic mass is 32.2. The summed E-state index contributed by atoms with van der Waals surface area (Å²) in [5.74, 6) is -0.432. The predicted octanol–water partition coefficient (Wildman–Crippen LogP) is 3.20. The van der Waals surface area contributed by atoms with Gasteiger partial charge in [-0.1, -0.05) is 42.8 Å². The van der Waals surface area contributed by atoms with Crippen LogP contribution in [0.15, 0.2) is 48.5 Å². The van der Waals surface area contributed by atoms with Crippen LogP contribution in [0.2, 0.25) is 0 Å². The zero-order chi connectivity index (χ0) is 22.3. The molecule has 0 unspecified atom stereocenters. The molecule has 0 saturated heterocycles. The van der Waals surface area contributed by atoms with Crippen molar-refractivity contribution in [2.45, 2.75) is 39.2 Å². The van der Waals surface area contributed by atoms with Crippen molar-refractivity contribution in [1.82, 2.24) is 5.32 Å². The fourth-order valence-corrected chi connectivity index (χ4v) is 4.50. The molecule has 0 aliphatic heterocycles. The van der Waals surface area contributed by atoms with Crippen molar-refractivity contribution in [1.29, 1.82) is 0 Å². The van der Waals surface area contributed by atoms with Crippen LogP contribution in [0.5, 0.6) is 0 Å². The van der Waals surface area contributed by atoms with Gasteiger partial charge < -0.3 is 5.32 Å². The van der Waals surface area contributed by atoms with E-state index in [-0.39, 0.29) is 17.8 Å². The summed E-state index contributed by atoms with van der Waals surface area (Å²) in [5, 5.41) is 13.9. The maximum absolute atomic E-state index is 12.8. The number of non-ortho nitro benzene ring substituents is 1. The molecule has 1 atom stereocenters. The summed E-state index contributed by atoms with van der Waals surface area (Å²) >= 11 is 0. The van der Waals surface area contributed by atoms with Crippen molar-refractivity contribution >= 4 is 27.3 Å². The second kappa shape index (κ2) is 10.2. The number of hydrogen-bond acceptors (Lipinski definition) is 5. The first kappa shape index (κ1) is 23.3. The average molecular weight is 434 g/mol. The Labute approximate surface area is 177 Å². The van der Waals surface area contributed by atoms with E-state index in [1.54, 1.807) is 6.92 Å². The van der Waals surface area contributed by atoms with Crippen LogP contribution in [0, 0.1) is 17.0 Å².